The molecule has 1 fully saturated rings. The zero-order chi connectivity index (χ0) is 18.1. The van der Waals surface area contributed by atoms with E-state index in [4.69, 9.17) is 4.74 Å². The summed E-state index contributed by atoms with van der Waals surface area (Å²) in [5, 5.41) is 9.93. The molecule has 2 N–H and O–H groups in total. The Morgan fingerprint density at radius 1 is 1.32 bits per heavy atom. The van der Waals surface area contributed by atoms with Gasteiger partial charge in [-0.3, -0.25) is 19.6 Å². The summed E-state index contributed by atoms with van der Waals surface area (Å²) in [5.74, 6) is -0.0188. The number of nitrogens with one attached hydrogen (secondary N) is 2. The summed E-state index contributed by atoms with van der Waals surface area (Å²) in [6, 6.07) is 1.84. The number of ether oxygens (including phenoxy) is 1. The highest BCUT2D eigenvalue weighted by Crippen LogP contribution is 2.09. The Balaban J connectivity index is 1.71. The van der Waals surface area contributed by atoms with Crippen LogP contribution in [-0.4, -0.2) is 84.8 Å². The number of rotatable bonds is 9. The summed E-state index contributed by atoms with van der Waals surface area (Å²) >= 11 is 0. The fraction of sp³-hybridized carbons (Fsp3) is 0.706. The van der Waals surface area contributed by atoms with Crippen molar-refractivity contribution in [3.8, 4) is 0 Å². The second-order valence-electron chi connectivity index (χ2n) is 6.29. The van der Waals surface area contributed by atoms with Crippen LogP contribution in [0.25, 0.3) is 0 Å². The number of amides is 2. The van der Waals surface area contributed by atoms with E-state index in [1.165, 1.54) is 0 Å². The standard InChI is InChI=1S/C17H29N5O3/c1-3-5-14-12-15(20-19-14)17(24)22-9-7-21(8-10-22)13-16(23)18-6-4-11-25-2/h12H,3-11,13H2,1-2H3,(H,18,23)(H,19,20). The van der Waals surface area contributed by atoms with E-state index in [-0.39, 0.29) is 11.8 Å². The third-order valence-electron chi connectivity index (χ3n) is 4.24. The van der Waals surface area contributed by atoms with Gasteiger partial charge in [0.25, 0.3) is 5.91 Å². The summed E-state index contributed by atoms with van der Waals surface area (Å²) in [7, 11) is 1.65. The number of hydrogen-bond acceptors (Lipinski definition) is 5. The first kappa shape index (κ1) is 19.4. The summed E-state index contributed by atoms with van der Waals surface area (Å²) in [5.41, 5.74) is 1.47. The van der Waals surface area contributed by atoms with Crippen molar-refractivity contribution in [1.82, 2.24) is 25.3 Å². The second kappa shape index (κ2) is 10.1. The molecular weight excluding hydrogens is 322 g/mol. The number of hydrogen-bond donors (Lipinski definition) is 2. The number of carbonyl (C=O) groups is 2. The Morgan fingerprint density at radius 3 is 2.76 bits per heavy atom. The lowest BCUT2D eigenvalue weighted by molar-refractivity contribution is -0.122. The SMILES string of the molecule is CCCc1cc(C(=O)N2CCN(CC(=O)NCCCOC)CC2)n[nH]1. The molecule has 8 heteroatoms. The van der Waals surface area contributed by atoms with Crippen molar-refractivity contribution in [1.29, 1.82) is 0 Å². The lowest BCUT2D eigenvalue weighted by Crippen LogP contribution is -2.51. The molecule has 1 aromatic heterocycles. The highest BCUT2D eigenvalue weighted by Gasteiger charge is 2.24. The maximum Gasteiger partial charge on any atom is 0.274 e. The molecule has 0 radical (unpaired) electrons. The third-order valence-corrected chi connectivity index (χ3v) is 4.24. The van der Waals surface area contributed by atoms with Crippen molar-refractivity contribution < 1.29 is 14.3 Å². The molecule has 1 aliphatic heterocycles. The van der Waals surface area contributed by atoms with Crippen LogP contribution in [0, 0.1) is 0 Å². The first-order valence-corrected chi connectivity index (χ1v) is 8.95. The van der Waals surface area contributed by atoms with E-state index in [1.54, 1.807) is 12.0 Å². The Morgan fingerprint density at radius 2 is 2.08 bits per heavy atom. The molecule has 2 heterocycles. The third kappa shape index (κ3) is 6.13. The van der Waals surface area contributed by atoms with E-state index in [1.807, 2.05) is 6.07 Å². The van der Waals surface area contributed by atoms with Gasteiger partial charge in [-0.1, -0.05) is 13.3 Å². The Hall–Kier alpha value is -1.93. The minimum Gasteiger partial charge on any atom is -0.385 e. The Labute approximate surface area is 148 Å². The van der Waals surface area contributed by atoms with Gasteiger partial charge in [-0.2, -0.15) is 5.10 Å². The number of piperazine rings is 1. The van der Waals surface area contributed by atoms with Crippen LogP contribution in [-0.2, 0) is 16.0 Å². The van der Waals surface area contributed by atoms with E-state index in [0.717, 1.165) is 25.0 Å². The van der Waals surface area contributed by atoms with Crippen LogP contribution in [0.3, 0.4) is 0 Å². The van der Waals surface area contributed by atoms with Crippen molar-refractivity contribution in [2.24, 2.45) is 0 Å². The molecule has 0 atom stereocenters. The van der Waals surface area contributed by atoms with Crippen LogP contribution in [0.1, 0.15) is 35.9 Å². The highest BCUT2D eigenvalue weighted by molar-refractivity contribution is 5.92. The first-order chi connectivity index (χ1) is 12.1. The smallest absolute Gasteiger partial charge is 0.274 e. The Bertz CT molecular complexity index is 552. The molecule has 140 valence electrons. The normalized spacial score (nSPS) is 15.4. The number of nitrogens with zero attached hydrogens (tertiary/aromatic N) is 3. The van der Waals surface area contributed by atoms with Gasteiger partial charge in [-0.05, 0) is 18.9 Å². The fourth-order valence-electron chi connectivity index (χ4n) is 2.84. The van der Waals surface area contributed by atoms with Gasteiger partial charge < -0.3 is 15.0 Å². The molecule has 8 nitrogen and oxygen atoms in total. The van der Waals surface area contributed by atoms with Gasteiger partial charge >= 0.3 is 0 Å². The molecule has 1 saturated heterocycles. The van der Waals surface area contributed by atoms with Crippen LogP contribution in [0.5, 0.6) is 0 Å². The van der Waals surface area contributed by atoms with Gasteiger partial charge in [-0.15, -0.1) is 0 Å². The topological polar surface area (TPSA) is 90.6 Å². The Kier molecular flexibility index (Phi) is 7.87. The lowest BCUT2D eigenvalue weighted by atomic mass is 10.2. The lowest BCUT2D eigenvalue weighted by Gasteiger charge is -2.33. The molecule has 0 spiro atoms. The average molecular weight is 351 g/mol. The molecule has 25 heavy (non-hydrogen) atoms. The van der Waals surface area contributed by atoms with E-state index in [0.29, 0.717) is 51.6 Å². The summed E-state index contributed by atoms with van der Waals surface area (Å²) in [4.78, 5) is 28.2. The monoisotopic (exact) mass is 351 g/mol. The first-order valence-electron chi connectivity index (χ1n) is 8.95. The van der Waals surface area contributed by atoms with Gasteiger partial charge in [-0.25, -0.2) is 0 Å². The highest BCUT2D eigenvalue weighted by atomic mass is 16.5. The maximum atomic E-state index is 12.5. The van der Waals surface area contributed by atoms with Crippen LogP contribution in [0.4, 0.5) is 0 Å². The molecule has 0 aliphatic carbocycles. The molecule has 1 aromatic rings. The van der Waals surface area contributed by atoms with Gasteiger partial charge in [0.2, 0.25) is 5.91 Å². The summed E-state index contributed by atoms with van der Waals surface area (Å²) in [6.07, 6.45) is 2.73. The molecule has 0 saturated carbocycles. The largest absolute Gasteiger partial charge is 0.385 e. The predicted octanol–water partition coefficient (Wildman–Crippen LogP) is 0.273. The van der Waals surface area contributed by atoms with Crippen LogP contribution in [0.15, 0.2) is 6.07 Å². The number of aromatic amines is 1. The van der Waals surface area contributed by atoms with Crippen LogP contribution < -0.4 is 5.32 Å². The number of H-pyrrole nitrogens is 1. The zero-order valence-electron chi connectivity index (χ0n) is 15.2. The van der Waals surface area contributed by atoms with Crippen LogP contribution in [0.2, 0.25) is 0 Å². The van der Waals surface area contributed by atoms with E-state index >= 15 is 0 Å². The van der Waals surface area contributed by atoms with Gasteiger partial charge in [0, 0.05) is 52.1 Å². The average Bonchev–Trinajstić information content (AvgIpc) is 3.08. The summed E-state index contributed by atoms with van der Waals surface area (Å²) in [6.45, 7) is 6.37. The molecule has 0 bridgehead atoms. The van der Waals surface area contributed by atoms with E-state index in [9.17, 15) is 9.59 Å². The number of aromatic nitrogens is 2. The van der Waals surface area contributed by atoms with Gasteiger partial charge in [0.15, 0.2) is 0 Å². The molecule has 2 amide bonds. The van der Waals surface area contributed by atoms with Crippen molar-refractivity contribution in [2.45, 2.75) is 26.2 Å². The molecule has 2 rings (SSSR count). The molecule has 1 aliphatic rings. The number of carbonyl (C=O) groups excluding carboxylic acids is 2. The van der Waals surface area contributed by atoms with E-state index in [2.05, 4.69) is 27.3 Å². The van der Waals surface area contributed by atoms with E-state index < -0.39 is 0 Å². The van der Waals surface area contributed by atoms with Crippen LogP contribution >= 0.6 is 0 Å². The minimum absolute atomic E-state index is 0.0207. The maximum absolute atomic E-state index is 12.5. The number of methoxy groups -OCH3 is 1. The predicted molar refractivity (Wildman–Crippen MR) is 94.4 cm³/mol. The van der Waals surface area contributed by atoms with Crippen molar-refractivity contribution in [3.05, 3.63) is 17.5 Å². The zero-order valence-corrected chi connectivity index (χ0v) is 15.2. The molecular formula is C17H29N5O3. The minimum atomic E-state index is -0.0396. The summed E-state index contributed by atoms with van der Waals surface area (Å²) < 4.78 is 4.95. The van der Waals surface area contributed by atoms with Crippen molar-refractivity contribution in [3.63, 3.8) is 0 Å². The second-order valence-corrected chi connectivity index (χ2v) is 6.29. The molecule has 0 aromatic carbocycles. The van der Waals surface area contributed by atoms with Crippen molar-refractivity contribution >= 4 is 11.8 Å². The van der Waals surface area contributed by atoms with Gasteiger partial charge in [0.1, 0.15) is 5.69 Å². The number of aryl methyl sites for hydroxylation is 1. The van der Waals surface area contributed by atoms with Gasteiger partial charge in [0.05, 0.1) is 6.54 Å². The molecule has 0 unspecified atom stereocenters. The fourth-order valence-corrected chi connectivity index (χ4v) is 2.84. The van der Waals surface area contributed by atoms with Crippen molar-refractivity contribution in [2.75, 3.05) is 53.0 Å². The quantitative estimate of drug-likeness (QED) is 0.624.